The summed E-state index contributed by atoms with van der Waals surface area (Å²) in [5.41, 5.74) is 1.82. The van der Waals surface area contributed by atoms with Gasteiger partial charge in [-0.15, -0.1) is 0 Å². The van der Waals surface area contributed by atoms with E-state index in [0.717, 1.165) is 22.3 Å². The van der Waals surface area contributed by atoms with Gasteiger partial charge in [0.25, 0.3) is 0 Å². The molecule has 0 radical (unpaired) electrons. The normalized spacial score (nSPS) is 14.4. The zero-order valence-corrected chi connectivity index (χ0v) is 10.8. The van der Waals surface area contributed by atoms with E-state index in [9.17, 15) is 0 Å². The number of nitrogens with zero attached hydrogens (tertiary/aromatic N) is 4. The Bertz CT molecular complexity index is 753. The molecule has 0 spiro atoms. The molecule has 3 aromatic heterocycles. The van der Waals surface area contributed by atoms with Gasteiger partial charge in [0.2, 0.25) is 0 Å². The van der Waals surface area contributed by atoms with Crippen LogP contribution >= 0.6 is 0 Å². The van der Waals surface area contributed by atoms with Gasteiger partial charge in [0.05, 0.1) is 11.7 Å². The largest absolute Gasteiger partial charge is 0.367 e. The second-order valence-corrected chi connectivity index (χ2v) is 4.94. The zero-order chi connectivity index (χ0) is 13.4. The Labute approximate surface area is 116 Å². The van der Waals surface area contributed by atoms with E-state index in [1.807, 2.05) is 18.2 Å². The maximum atomic E-state index is 4.67. The van der Waals surface area contributed by atoms with Crippen LogP contribution in [-0.4, -0.2) is 26.0 Å². The summed E-state index contributed by atoms with van der Waals surface area (Å²) >= 11 is 0. The lowest BCUT2D eigenvalue weighted by molar-refractivity contribution is 1.10. The average molecular weight is 263 g/mol. The molecule has 0 bridgehead atoms. The van der Waals surface area contributed by atoms with Crippen molar-refractivity contribution in [3.63, 3.8) is 0 Å². The Morgan fingerprint density at radius 1 is 0.950 bits per heavy atom. The van der Waals surface area contributed by atoms with Crippen LogP contribution in [0.25, 0.3) is 22.3 Å². The second-order valence-electron chi connectivity index (χ2n) is 4.94. The Balaban J connectivity index is 1.89. The number of aromatic nitrogens is 4. The van der Waals surface area contributed by atoms with Crippen molar-refractivity contribution in [3.8, 4) is 11.4 Å². The van der Waals surface area contributed by atoms with Crippen LogP contribution in [0.5, 0.6) is 0 Å². The fourth-order valence-electron chi connectivity index (χ4n) is 2.14. The monoisotopic (exact) mass is 263 g/mol. The van der Waals surface area contributed by atoms with E-state index in [1.54, 1.807) is 24.8 Å². The van der Waals surface area contributed by atoms with Crippen LogP contribution in [0.3, 0.4) is 0 Å². The van der Waals surface area contributed by atoms with Crippen LogP contribution in [0, 0.1) is 0 Å². The molecule has 1 fully saturated rings. The van der Waals surface area contributed by atoms with E-state index in [4.69, 9.17) is 0 Å². The van der Waals surface area contributed by atoms with Crippen molar-refractivity contribution in [2.45, 2.75) is 18.9 Å². The van der Waals surface area contributed by atoms with E-state index >= 15 is 0 Å². The molecule has 0 atom stereocenters. The molecule has 20 heavy (non-hydrogen) atoms. The van der Waals surface area contributed by atoms with Gasteiger partial charge in [-0.1, -0.05) is 0 Å². The van der Waals surface area contributed by atoms with Crippen molar-refractivity contribution in [1.29, 1.82) is 0 Å². The van der Waals surface area contributed by atoms with Gasteiger partial charge in [-0.25, -0.2) is 9.97 Å². The molecule has 5 heteroatoms. The van der Waals surface area contributed by atoms with Gasteiger partial charge >= 0.3 is 0 Å². The summed E-state index contributed by atoms with van der Waals surface area (Å²) in [6, 6.07) is 6.33. The second kappa shape index (κ2) is 4.52. The van der Waals surface area contributed by atoms with Crippen molar-refractivity contribution in [1.82, 2.24) is 19.9 Å². The van der Waals surface area contributed by atoms with Gasteiger partial charge in [0.1, 0.15) is 5.82 Å². The third-order valence-electron chi connectivity index (χ3n) is 3.36. The number of nitrogens with one attached hydrogen (secondary N) is 1. The van der Waals surface area contributed by atoms with E-state index in [2.05, 4.69) is 25.3 Å². The first-order chi connectivity index (χ1) is 9.90. The predicted octanol–water partition coefficient (Wildman–Crippen LogP) is 2.66. The molecule has 98 valence electrons. The van der Waals surface area contributed by atoms with Crippen molar-refractivity contribution in [2.75, 3.05) is 5.32 Å². The quantitative estimate of drug-likeness (QED) is 0.787. The van der Waals surface area contributed by atoms with Gasteiger partial charge in [-0.05, 0) is 31.0 Å². The number of hydrogen-bond donors (Lipinski definition) is 1. The molecule has 1 saturated carbocycles. The van der Waals surface area contributed by atoms with Gasteiger partial charge < -0.3 is 5.32 Å². The Hall–Kier alpha value is -2.56. The molecule has 0 aromatic carbocycles. The van der Waals surface area contributed by atoms with Crippen LogP contribution in [0.4, 0.5) is 5.82 Å². The maximum absolute atomic E-state index is 4.67. The standard InChI is InChI=1S/C15H13N5/c1-2-11(1)18-15-12-5-8-17-9-13(12)19-14(20-15)10-3-6-16-7-4-10/h3-9,11H,1-2H2,(H,18,19,20). The van der Waals surface area contributed by atoms with Crippen LogP contribution in [-0.2, 0) is 0 Å². The van der Waals surface area contributed by atoms with Crippen LogP contribution < -0.4 is 5.32 Å². The molecule has 3 heterocycles. The van der Waals surface area contributed by atoms with Crippen molar-refractivity contribution < 1.29 is 0 Å². The summed E-state index contributed by atoms with van der Waals surface area (Å²) in [5, 5.41) is 4.49. The highest BCUT2D eigenvalue weighted by atomic mass is 15.1. The highest BCUT2D eigenvalue weighted by Gasteiger charge is 2.22. The lowest BCUT2D eigenvalue weighted by Gasteiger charge is -2.09. The lowest BCUT2D eigenvalue weighted by atomic mass is 10.2. The van der Waals surface area contributed by atoms with Crippen LogP contribution in [0.1, 0.15) is 12.8 Å². The fourth-order valence-corrected chi connectivity index (χ4v) is 2.14. The first kappa shape index (κ1) is 11.3. The summed E-state index contributed by atoms with van der Waals surface area (Å²) in [4.78, 5) is 17.4. The van der Waals surface area contributed by atoms with Gasteiger partial charge in [0.15, 0.2) is 5.82 Å². The number of anilines is 1. The topological polar surface area (TPSA) is 63.6 Å². The first-order valence-electron chi connectivity index (χ1n) is 6.69. The molecule has 0 aliphatic heterocycles. The summed E-state index contributed by atoms with van der Waals surface area (Å²) in [6.07, 6.45) is 9.47. The SMILES string of the molecule is c1cc(-c2nc(NC3CC3)c3ccncc3n2)ccn1. The molecule has 5 nitrogen and oxygen atoms in total. The number of fused-ring (bicyclic) bond motifs is 1. The molecule has 1 aliphatic rings. The molecule has 1 N–H and O–H groups in total. The summed E-state index contributed by atoms with van der Waals surface area (Å²) in [5.74, 6) is 1.60. The molecule has 3 aromatic rings. The maximum Gasteiger partial charge on any atom is 0.162 e. The van der Waals surface area contributed by atoms with E-state index in [-0.39, 0.29) is 0 Å². The van der Waals surface area contributed by atoms with E-state index in [1.165, 1.54) is 12.8 Å². The molecule has 4 rings (SSSR count). The summed E-state index contributed by atoms with van der Waals surface area (Å²) < 4.78 is 0. The third kappa shape index (κ3) is 2.07. The summed E-state index contributed by atoms with van der Waals surface area (Å²) in [7, 11) is 0. The molecule has 1 aliphatic carbocycles. The first-order valence-corrected chi connectivity index (χ1v) is 6.69. The average Bonchev–Trinajstić information content (AvgIpc) is 3.32. The van der Waals surface area contributed by atoms with Gasteiger partial charge in [-0.2, -0.15) is 0 Å². The van der Waals surface area contributed by atoms with Gasteiger partial charge in [-0.3, -0.25) is 9.97 Å². The number of rotatable bonds is 3. The molecular weight excluding hydrogens is 250 g/mol. The van der Waals surface area contributed by atoms with E-state index < -0.39 is 0 Å². The Morgan fingerprint density at radius 3 is 2.55 bits per heavy atom. The predicted molar refractivity (Wildman–Crippen MR) is 77.2 cm³/mol. The highest BCUT2D eigenvalue weighted by Crippen LogP contribution is 2.29. The van der Waals surface area contributed by atoms with Crippen molar-refractivity contribution in [2.24, 2.45) is 0 Å². The molecule has 0 amide bonds. The van der Waals surface area contributed by atoms with E-state index in [0.29, 0.717) is 11.9 Å². The lowest BCUT2D eigenvalue weighted by Crippen LogP contribution is -2.05. The molecule has 0 unspecified atom stereocenters. The minimum Gasteiger partial charge on any atom is -0.367 e. The minimum absolute atomic E-state index is 0.548. The fraction of sp³-hybridized carbons (Fsp3) is 0.200. The zero-order valence-electron chi connectivity index (χ0n) is 10.8. The molecular formula is C15H13N5. The smallest absolute Gasteiger partial charge is 0.162 e. The van der Waals surface area contributed by atoms with Crippen LogP contribution in [0.15, 0.2) is 43.0 Å². The third-order valence-corrected chi connectivity index (χ3v) is 3.36. The number of hydrogen-bond acceptors (Lipinski definition) is 5. The van der Waals surface area contributed by atoms with Crippen LogP contribution in [0.2, 0.25) is 0 Å². The van der Waals surface area contributed by atoms with Crippen molar-refractivity contribution >= 4 is 16.7 Å². The van der Waals surface area contributed by atoms with Gasteiger partial charge in [0, 0.05) is 35.6 Å². The minimum atomic E-state index is 0.548. The number of pyridine rings is 2. The highest BCUT2D eigenvalue weighted by molar-refractivity contribution is 5.90. The molecule has 0 saturated heterocycles. The Morgan fingerprint density at radius 2 is 1.75 bits per heavy atom. The summed E-state index contributed by atoms with van der Waals surface area (Å²) in [6.45, 7) is 0. The Kier molecular flexibility index (Phi) is 2.55. The van der Waals surface area contributed by atoms with Crippen molar-refractivity contribution in [3.05, 3.63) is 43.0 Å².